The smallest absolute Gasteiger partial charge is 0.275 e. The van der Waals surface area contributed by atoms with Crippen molar-refractivity contribution in [3.63, 3.8) is 0 Å². The molecule has 1 aliphatic rings. The molecular weight excluding hydrogens is 392 g/mol. The van der Waals surface area contributed by atoms with Crippen molar-refractivity contribution in [2.45, 2.75) is 24.2 Å². The van der Waals surface area contributed by atoms with Crippen LogP contribution in [0.15, 0.2) is 53.7 Å². The first-order valence-corrected chi connectivity index (χ1v) is 10.9. The van der Waals surface area contributed by atoms with E-state index in [1.807, 2.05) is 12.1 Å². The molecular formula is C20H22N4O4S. The number of aromatic nitrogens is 2. The molecule has 1 amide bonds. The van der Waals surface area contributed by atoms with Crippen LogP contribution in [0.1, 0.15) is 29.8 Å². The molecule has 0 aliphatic carbocycles. The number of hydrogen-bond acceptors (Lipinski definition) is 5. The summed E-state index contributed by atoms with van der Waals surface area (Å²) < 4.78 is 34.5. The third kappa shape index (κ3) is 3.83. The highest BCUT2D eigenvalue weighted by Gasteiger charge is 2.27. The number of piperidine rings is 1. The fourth-order valence-electron chi connectivity index (χ4n) is 3.43. The molecule has 0 spiro atoms. The van der Waals surface area contributed by atoms with Crippen LogP contribution >= 0.6 is 0 Å². The maximum atomic E-state index is 13.0. The van der Waals surface area contributed by atoms with Gasteiger partial charge in [-0.05, 0) is 43.2 Å². The van der Waals surface area contributed by atoms with Crippen molar-refractivity contribution in [1.82, 2.24) is 13.7 Å². The Labute approximate surface area is 169 Å². The van der Waals surface area contributed by atoms with Gasteiger partial charge in [-0.15, -0.1) is 0 Å². The van der Waals surface area contributed by atoms with Crippen LogP contribution in [0.25, 0.3) is 5.65 Å². The molecule has 2 aromatic heterocycles. The second-order valence-corrected chi connectivity index (χ2v) is 8.81. The minimum atomic E-state index is -3.62. The summed E-state index contributed by atoms with van der Waals surface area (Å²) in [6.07, 6.45) is 6.16. The summed E-state index contributed by atoms with van der Waals surface area (Å²) in [4.78, 5) is 17.1. The summed E-state index contributed by atoms with van der Waals surface area (Å²) in [5, 5.41) is 2.73. The zero-order chi connectivity index (χ0) is 20.4. The zero-order valence-corrected chi connectivity index (χ0v) is 16.9. The van der Waals surface area contributed by atoms with E-state index in [4.69, 9.17) is 4.74 Å². The molecule has 9 heteroatoms. The lowest BCUT2D eigenvalue weighted by atomic mass is 10.2. The standard InChI is InChI=1S/C20H22N4O4S/c1-28-18-9-8-15(29(26,27)24-11-4-2-5-12-24)13-16(18)22-20(25)17-14-23-10-6-3-7-19(23)21-17/h3,6-10,13-14H,2,4-5,11-12H2,1H3,(H,22,25). The van der Waals surface area contributed by atoms with Crippen molar-refractivity contribution < 1.29 is 17.9 Å². The van der Waals surface area contributed by atoms with E-state index in [0.29, 0.717) is 24.5 Å². The summed E-state index contributed by atoms with van der Waals surface area (Å²) in [5.74, 6) is -0.0702. The Kier molecular flexibility index (Phi) is 5.25. The van der Waals surface area contributed by atoms with Crippen molar-refractivity contribution >= 4 is 27.3 Å². The summed E-state index contributed by atoms with van der Waals surface area (Å²) >= 11 is 0. The molecule has 0 atom stereocenters. The lowest BCUT2D eigenvalue weighted by Gasteiger charge is -2.26. The lowest BCUT2D eigenvalue weighted by Crippen LogP contribution is -2.35. The van der Waals surface area contributed by atoms with Crippen molar-refractivity contribution in [2.24, 2.45) is 0 Å². The normalized spacial score (nSPS) is 15.3. The van der Waals surface area contributed by atoms with Crippen molar-refractivity contribution in [3.8, 4) is 5.75 Å². The van der Waals surface area contributed by atoms with Crippen LogP contribution in [0, 0.1) is 0 Å². The number of rotatable bonds is 5. The van der Waals surface area contributed by atoms with Crippen molar-refractivity contribution in [2.75, 3.05) is 25.5 Å². The van der Waals surface area contributed by atoms with Gasteiger partial charge < -0.3 is 14.5 Å². The number of anilines is 1. The highest BCUT2D eigenvalue weighted by atomic mass is 32.2. The molecule has 3 heterocycles. The van der Waals surface area contributed by atoms with Gasteiger partial charge in [0, 0.05) is 25.5 Å². The second-order valence-electron chi connectivity index (χ2n) is 6.87. The van der Waals surface area contributed by atoms with Gasteiger partial charge in [0.05, 0.1) is 17.7 Å². The number of sulfonamides is 1. The number of carbonyl (C=O) groups is 1. The molecule has 0 saturated carbocycles. The largest absolute Gasteiger partial charge is 0.495 e. The zero-order valence-electron chi connectivity index (χ0n) is 16.0. The number of hydrogen-bond donors (Lipinski definition) is 1. The number of benzene rings is 1. The summed E-state index contributed by atoms with van der Waals surface area (Å²) in [6.45, 7) is 1.02. The first-order chi connectivity index (χ1) is 14.0. The number of amides is 1. The summed E-state index contributed by atoms with van der Waals surface area (Å²) in [7, 11) is -2.16. The van der Waals surface area contributed by atoms with E-state index in [9.17, 15) is 13.2 Å². The van der Waals surface area contributed by atoms with Gasteiger partial charge in [-0.3, -0.25) is 4.79 Å². The average molecular weight is 414 g/mol. The molecule has 29 heavy (non-hydrogen) atoms. The molecule has 0 radical (unpaired) electrons. The van der Waals surface area contributed by atoms with E-state index in [1.54, 1.807) is 28.9 Å². The van der Waals surface area contributed by atoms with Gasteiger partial charge in [-0.2, -0.15) is 4.31 Å². The van der Waals surface area contributed by atoms with E-state index in [1.165, 1.54) is 23.5 Å². The number of ether oxygens (including phenoxy) is 1. The van der Waals surface area contributed by atoms with Gasteiger partial charge in [0.25, 0.3) is 5.91 Å². The van der Waals surface area contributed by atoms with Crippen molar-refractivity contribution in [3.05, 3.63) is 54.5 Å². The molecule has 1 saturated heterocycles. The maximum Gasteiger partial charge on any atom is 0.275 e. The van der Waals surface area contributed by atoms with Gasteiger partial charge >= 0.3 is 0 Å². The van der Waals surface area contributed by atoms with Crippen LogP contribution in [-0.4, -0.2) is 48.2 Å². The number of nitrogens with one attached hydrogen (secondary N) is 1. The second kappa shape index (κ2) is 7.84. The predicted molar refractivity (Wildman–Crippen MR) is 109 cm³/mol. The fourth-order valence-corrected chi connectivity index (χ4v) is 4.97. The van der Waals surface area contributed by atoms with Gasteiger partial charge in [-0.25, -0.2) is 13.4 Å². The van der Waals surface area contributed by atoms with Gasteiger partial charge in [-0.1, -0.05) is 12.5 Å². The number of methoxy groups -OCH3 is 1. The number of pyridine rings is 1. The lowest BCUT2D eigenvalue weighted by molar-refractivity contribution is 0.102. The molecule has 1 N–H and O–H groups in total. The molecule has 152 valence electrons. The number of fused-ring (bicyclic) bond motifs is 1. The van der Waals surface area contributed by atoms with Crippen LogP contribution in [0.2, 0.25) is 0 Å². The van der Waals surface area contributed by atoms with Crippen LogP contribution in [0.3, 0.4) is 0 Å². The minimum absolute atomic E-state index is 0.130. The number of imidazole rings is 1. The molecule has 1 aromatic carbocycles. The first kappa shape index (κ1) is 19.4. The third-order valence-corrected chi connectivity index (χ3v) is 6.86. The van der Waals surface area contributed by atoms with Crippen LogP contribution < -0.4 is 10.1 Å². The number of nitrogens with zero attached hydrogens (tertiary/aromatic N) is 3. The Bertz CT molecular complexity index is 1120. The first-order valence-electron chi connectivity index (χ1n) is 9.42. The average Bonchev–Trinajstić information content (AvgIpc) is 3.19. The molecule has 0 unspecified atom stereocenters. The van der Waals surface area contributed by atoms with E-state index in [0.717, 1.165) is 19.3 Å². The Morgan fingerprint density at radius 2 is 1.93 bits per heavy atom. The summed E-state index contributed by atoms with van der Waals surface area (Å²) in [6, 6.07) is 9.97. The van der Waals surface area contributed by atoms with Gasteiger partial charge in [0.15, 0.2) is 0 Å². The molecule has 4 rings (SSSR count). The number of carbonyl (C=O) groups excluding carboxylic acids is 1. The van der Waals surface area contributed by atoms with E-state index < -0.39 is 15.9 Å². The molecule has 1 fully saturated rings. The highest BCUT2D eigenvalue weighted by Crippen LogP contribution is 2.30. The monoisotopic (exact) mass is 414 g/mol. The van der Waals surface area contributed by atoms with Crippen LogP contribution in [-0.2, 0) is 10.0 Å². The summed E-state index contributed by atoms with van der Waals surface area (Å²) in [5.41, 5.74) is 1.15. The molecule has 0 bridgehead atoms. The van der Waals surface area contributed by atoms with Crippen LogP contribution in [0.5, 0.6) is 5.75 Å². The van der Waals surface area contributed by atoms with E-state index in [2.05, 4.69) is 10.3 Å². The fraction of sp³-hybridized carbons (Fsp3) is 0.300. The topological polar surface area (TPSA) is 93.0 Å². The van der Waals surface area contributed by atoms with E-state index in [-0.39, 0.29) is 16.3 Å². The highest BCUT2D eigenvalue weighted by molar-refractivity contribution is 7.89. The molecule has 8 nitrogen and oxygen atoms in total. The Hall–Kier alpha value is -2.91. The Morgan fingerprint density at radius 1 is 1.14 bits per heavy atom. The molecule has 1 aliphatic heterocycles. The quantitative estimate of drug-likeness (QED) is 0.693. The SMILES string of the molecule is COc1ccc(S(=O)(=O)N2CCCCC2)cc1NC(=O)c1cn2ccccc2n1. The van der Waals surface area contributed by atoms with Gasteiger partial charge in [0.2, 0.25) is 10.0 Å². The Morgan fingerprint density at radius 3 is 2.66 bits per heavy atom. The maximum absolute atomic E-state index is 13.0. The van der Waals surface area contributed by atoms with E-state index >= 15 is 0 Å². The molecule has 3 aromatic rings. The third-order valence-electron chi connectivity index (χ3n) is 4.97. The predicted octanol–water partition coefficient (Wildman–Crippen LogP) is 2.77. The Balaban J connectivity index is 1.63. The van der Waals surface area contributed by atoms with Crippen LogP contribution in [0.4, 0.5) is 5.69 Å². The van der Waals surface area contributed by atoms with Gasteiger partial charge in [0.1, 0.15) is 17.1 Å². The van der Waals surface area contributed by atoms with Crippen molar-refractivity contribution in [1.29, 1.82) is 0 Å². The minimum Gasteiger partial charge on any atom is -0.495 e.